The molecular weight excluding hydrogens is 525 g/mol. The number of anilines is 2. The van der Waals surface area contributed by atoms with Gasteiger partial charge in [0.15, 0.2) is 6.61 Å². The van der Waals surface area contributed by atoms with Gasteiger partial charge in [-0.1, -0.05) is 6.07 Å². The molecule has 0 unspecified atom stereocenters. The van der Waals surface area contributed by atoms with Crippen LogP contribution in [0, 0.1) is 40.7 Å². The van der Waals surface area contributed by atoms with Gasteiger partial charge in [-0.25, -0.2) is 4.79 Å². The van der Waals surface area contributed by atoms with Crippen LogP contribution >= 0.6 is 23.2 Å². The minimum absolute atomic E-state index is 0.114. The molecule has 192 valence electrons. The molecule has 12 heteroatoms. The highest BCUT2D eigenvalue weighted by atomic mass is 35.5. The first-order valence-corrected chi connectivity index (χ1v) is 12.4. The Hall–Kier alpha value is -3.50. The summed E-state index contributed by atoms with van der Waals surface area (Å²) in [5, 5.41) is 12.8. The number of rotatable bonds is 6. The Kier molecular flexibility index (Phi) is 6.41. The van der Waals surface area contributed by atoms with Crippen LogP contribution in [-0.2, 0) is 19.1 Å². The Balaban J connectivity index is 1.20. The van der Waals surface area contributed by atoms with Crippen LogP contribution < -0.4 is 10.2 Å². The normalized spacial score (nSPS) is 27.8. The van der Waals surface area contributed by atoms with Crippen LogP contribution in [-0.4, -0.2) is 46.0 Å². The predicted molar refractivity (Wildman–Crippen MR) is 134 cm³/mol. The van der Waals surface area contributed by atoms with E-state index in [0.717, 1.165) is 4.90 Å². The van der Waals surface area contributed by atoms with Crippen molar-refractivity contribution in [1.29, 1.82) is 0 Å². The Bertz CT molecular complexity index is 1300. The number of halogens is 2. The highest BCUT2D eigenvalue weighted by molar-refractivity contribution is 6.32. The number of hydrogen-bond acceptors (Lipinski definition) is 7. The van der Waals surface area contributed by atoms with Crippen LogP contribution in [0.15, 0.2) is 42.5 Å². The number of aryl methyl sites for hydroxylation is 1. The fourth-order valence-electron chi connectivity index (χ4n) is 5.65. The SMILES string of the molecule is Cc1ccc(NC(=O)COC(=O)c2ccc(N3C(=O)[C@@H]4[C@H]5C[C@@H]([C@H](Cl)[C@H]5Cl)[C@H]4C3=O)cc2)cc1[N+](=O)[O-]. The Morgan fingerprint density at radius 1 is 1.05 bits per heavy atom. The van der Waals surface area contributed by atoms with E-state index in [0.29, 0.717) is 17.7 Å². The van der Waals surface area contributed by atoms with Crippen molar-refractivity contribution >= 4 is 64.0 Å². The highest BCUT2D eigenvalue weighted by Crippen LogP contribution is 2.59. The summed E-state index contributed by atoms with van der Waals surface area (Å²) >= 11 is 12.8. The molecular formula is C25H21Cl2N3O7. The summed E-state index contributed by atoms with van der Waals surface area (Å²) in [6.45, 7) is 0.961. The third kappa shape index (κ3) is 4.23. The van der Waals surface area contributed by atoms with Crippen molar-refractivity contribution in [3.05, 3.63) is 63.7 Å². The maximum atomic E-state index is 13.1. The molecule has 2 aliphatic carbocycles. The molecule has 1 N–H and O–H groups in total. The Labute approximate surface area is 221 Å². The van der Waals surface area contributed by atoms with Gasteiger partial charge in [0.2, 0.25) is 11.8 Å². The zero-order chi connectivity index (χ0) is 26.6. The zero-order valence-electron chi connectivity index (χ0n) is 19.4. The molecule has 2 aromatic rings. The summed E-state index contributed by atoms with van der Waals surface area (Å²) in [6, 6.07) is 9.95. The number of alkyl halides is 2. The number of nitro benzene ring substituents is 1. The topological polar surface area (TPSA) is 136 Å². The number of nitrogens with zero attached hydrogens (tertiary/aromatic N) is 2. The number of esters is 1. The van der Waals surface area contributed by atoms with Gasteiger partial charge in [0.25, 0.3) is 11.6 Å². The van der Waals surface area contributed by atoms with Crippen LogP contribution in [0.4, 0.5) is 17.1 Å². The Morgan fingerprint density at radius 2 is 1.65 bits per heavy atom. The first kappa shape index (κ1) is 25.2. The summed E-state index contributed by atoms with van der Waals surface area (Å²) in [4.78, 5) is 62.4. The van der Waals surface area contributed by atoms with Crippen molar-refractivity contribution in [1.82, 2.24) is 0 Å². The van der Waals surface area contributed by atoms with Gasteiger partial charge in [0.05, 0.1) is 38.8 Å². The third-order valence-corrected chi connectivity index (χ3v) is 8.69. The lowest BCUT2D eigenvalue weighted by Gasteiger charge is -2.28. The monoisotopic (exact) mass is 545 g/mol. The van der Waals surface area contributed by atoms with Gasteiger partial charge in [0, 0.05) is 17.3 Å². The van der Waals surface area contributed by atoms with Crippen LogP contribution in [0.5, 0.6) is 0 Å². The molecule has 2 bridgehead atoms. The lowest BCUT2D eigenvalue weighted by molar-refractivity contribution is -0.385. The number of carbonyl (C=O) groups excluding carboxylic acids is 4. The fourth-order valence-corrected chi connectivity index (χ4v) is 6.54. The number of ether oxygens (including phenoxy) is 1. The van der Waals surface area contributed by atoms with Crippen LogP contribution in [0.1, 0.15) is 22.3 Å². The number of nitrogens with one attached hydrogen (secondary N) is 1. The largest absolute Gasteiger partial charge is 0.452 e. The molecule has 37 heavy (non-hydrogen) atoms. The van der Waals surface area contributed by atoms with Crippen molar-refractivity contribution in [3.63, 3.8) is 0 Å². The number of carbonyl (C=O) groups is 4. The maximum Gasteiger partial charge on any atom is 0.338 e. The first-order valence-electron chi connectivity index (χ1n) is 11.6. The van der Waals surface area contributed by atoms with Gasteiger partial charge >= 0.3 is 5.97 Å². The van der Waals surface area contributed by atoms with E-state index in [1.807, 2.05) is 0 Å². The van der Waals surface area contributed by atoms with E-state index < -0.39 is 35.2 Å². The minimum atomic E-state index is -0.791. The average Bonchev–Trinajstić information content (AvgIpc) is 3.48. The van der Waals surface area contributed by atoms with E-state index in [9.17, 15) is 29.3 Å². The molecule has 3 aliphatic rings. The number of amides is 3. The summed E-state index contributed by atoms with van der Waals surface area (Å²) < 4.78 is 5.03. The van der Waals surface area contributed by atoms with Gasteiger partial charge in [-0.3, -0.25) is 29.4 Å². The van der Waals surface area contributed by atoms with Crippen molar-refractivity contribution < 1.29 is 28.8 Å². The molecule has 2 aromatic carbocycles. The second-order valence-electron chi connectivity index (χ2n) is 9.45. The van der Waals surface area contributed by atoms with Crippen LogP contribution in [0.2, 0.25) is 0 Å². The minimum Gasteiger partial charge on any atom is -0.452 e. The fraction of sp³-hybridized carbons (Fsp3) is 0.360. The van der Waals surface area contributed by atoms with Gasteiger partial charge in [-0.05, 0) is 55.5 Å². The molecule has 1 saturated heterocycles. The van der Waals surface area contributed by atoms with E-state index in [4.69, 9.17) is 27.9 Å². The summed E-state index contributed by atoms with van der Waals surface area (Å²) in [6.07, 6.45) is 0.669. The Morgan fingerprint density at radius 3 is 2.22 bits per heavy atom. The average molecular weight is 546 g/mol. The summed E-state index contributed by atoms with van der Waals surface area (Å²) in [5.74, 6) is -3.30. The van der Waals surface area contributed by atoms with Crippen molar-refractivity contribution in [3.8, 4) is 0 Å². The summed E-state index contributed by atoms with van der Waals surface area (Å²) in [7, 11) is 0. The molecule has 0 aromatic heterocycles. The molecule has 0 spiro atoms. The number of benzene rings is 2. The summed E-state index contributed by atoms with van der Waals surface area (Å²) in [5.41, 5.74) is 0.935. The second kappa shape index (κ2) is 9.42. The quantitative estimate of drug-likeness (QED) is 0.192. The molecule has 3 fully saturated rings. The number of imide groups is 1. The molecule has 6 atom stereocenters. The van der Waals surface area contributed by atoms with Gasteiger partial charge < -0.3 is 10.1 Å². The van der Waals surface area contributed by atoms with Gasteiger partial charge in [-0.15, -0.1) is 23.2 Å². The molecule has 10 nitrogen and oxygen atoms in total. The molecule has 1 heterocycles. The molecule has 1 aliphatic heterocycles. The van der Waals surface area contributed by atoms with E-state index in [2.05, 4.69) is 5.32 Å². The first-order chi connectivity index (χ1) is 17.6. The number of nitro groups is 1. The molecule has 0 radical (unpaired) electrons. The molecule has 2 saturated carbocycles. The highest BCUT2D eigenvalue weighted by Gasteiger charge is 2.66. The van der Waals surface area contributed by atoms with E-state index in [-0.39, 0.29) is 51.3 Å². The van der Waals surface area contributed by atoms with Crippen molar-refractivity contribution in [2.24, 2.45) is 23.7 Å². The van der Waals surface area contributed by atoms with Crippen LogP contribution in [0.3, 0.4) is 0 Å². The van der Waals surface area contributed by atoms with Gasteiger partial charge in [-0.2, -0.15) is 0 Å². The van der Waals surface area contributed by atoms with E-state index in [1.54, 1.807) is 6.92 Å². The third-order valence-electron chi connectivity index (χ3n) is 7.37. The smallest absolute Gasteiger partial charge is 0.338 e. The maximum absolute atomic E-state index is 13.1. The number of hydrogen-bond donors (Lipinski definition) is 1. The van der Waals surface area contributed by atoms with E-state index in [1.165, 1.54) is 42.5 Å². The predicted octanol–water partition coefficient (Wildman–Crippen LogP) is 3.67. The standard InChI is InChI=1S/C25H21Cl2N3O7/c1-11-2-5-13(8-17(11)30(35)36)28-18(31)10-37-25(34)12-3-6-14(7-4-12)29-23(32)19-15-9-16(20(19)24(29)33)22(27)21(15)26/h2-8,15-16,19-22H,9-10H2,1H3,(H,28,31)/t15-,16-,19-,20-,21+,22+/m1/s1. The van der Waals surface area contributed by atoms with Gasteiger partial charge in [0.1, 0.15) is 0 Å². The lowest BCUT2D eigenvalue weighted by atomic mass is 9.80. The zero-order valence-corrected chi connectivity index (χ0v) is 20.9. The number of fused-ring (bicyclic) bond motifs is 5. The second-order valence-corrected chi connectivity index (χ2v) is 10.5. The van der Waals surface area contributed by atoms with Crippen molar-refractivity contribution in [2.45, 2.75) is 24.1 Å². The lowest BCUT2D eigenvalue weighted by Crippen LogP contribution is -2.37. The molecule has 3 amide bonds. The van der Waals surface area contributed by atoms with E-state index >= 15 is 0 Å². The van der Waals surface area contributed by atoms with Crippen molar-refractivity contribution in [2.75, 3.05) is 16.8 Å². The molecule has 5 rings (SSSR count). The van der Waals surface area contributed by atoms with Crippen LogP contribution in [0.25, 0.3) is 0 Å².